The third-order valence-corrected chi connectivity index (χ3v) is 5.38. The van der Waals surface area contributed by atoms with Crippen LogP contribution in [0.25, 0.3) is 11.6 Å². The molecule has 1 aliphatic heterocycles. The minimum atomic E-state index is 0.548. The van der Waals surface area contributed by atoms with E-state index in [2.05, 4.69) is 36.1 Å². The first-order chi connectivity index (χ1) is 13.0. The van der Waals surface area contributed by atoms with Gasteiger partial charge in [0.1, 0.15) is 5.82 Å². The van der Waals surface area contributed by atoms with E-state index in [0.29, 0.717) is 22.5 Å². The van der Waals surface area contributed by atoms with Crippen LogP contribution in [0.5, 0.6) is 0 Å². The molecule has 0 aliphatic carbocycles. The molecule has 0 unspecified atom stereocenters. The maximum absolute atomic E-state index is 6.38. The summed E-state index contributed by atoms with van der Waals surface area (Å²) in [6.45, 7) is 0.657. The lowest BCUT2D eigenvalue weighted by Crippen LogP contribution is -2.25. The number of benzene rings is 2. The summed E-state index contributed by atoms with van der Waals surface area (Å²) in [4.78, 5) is 11.2. The molecule has 0 saturated heterocycles. The maximum atomic E-state index is 6.38. The van der Waals surface area contributed by atoms with Gasteiger partial charge in [0.15, 0.2) is 0 Å². The number of nitrogens with zero attached hydrogens (tertiary/aromatic N) is 3. The Morgan fingerprint density at radius 2 is 1.85 bits per heavy atom. The predicted octanol–water partition coefficient (Wildman–Crippen LogP) is 6.28. The molecule has 4 nitrogen and oxygen atoms in total. The van der Waals surface area contributed by atoms with Crippen LogP contribution in [0.4, 0.5) is 17.5 Å². The number of fused-ring (bicyclic) bond motifs is 1. The van der Waals surface area contributed by atoms with Gasteiger partial charge in [-0.2, -0.15) is 4.98 Å². The minimum absolute atomic E-state index is 0.548. The average molecular weight is 462 g/mol. The molecule has 0 radical (unpaired) electrons. The van der Waals surface area contributed by atoms with Crippen LogP contribution in [0.3, 0.4) is 0 Å². The van der Waals surface area contributed by atoms with E-state index < -0.39 is 0 Å². The fourth-order valence-electron chi connectivity index (χ4n) is 3.06. The summed E-state index contributed by atoms with van der Waals surface area (Å²) in [6, 6.07) is 13.4. The highest BCUT2D eigenvalue weighted by atomic mass is 79.9. The Hall–Kier alpha value is -2.08. The maximum Gasteiger partial charge on any atom is 0.229 e. The van der Waals surface area contributed by atoms with E-state index in [1.165, 1.54) is 0 Å². The van der Waals surface area contributed by atoms with Crippen molar-refractivity contribution in [2.24, 2.45) is 0 Å². The van der Waals surface area contributed by atoms with Gasteiger partial charge in [0.05, 0.1) is 0 Å². The molecular formula is C20H15BrCl2N4. The normalized spacial score (nSPS) is 13.2. The van der Waals surface area contributed by atoms with Crippen molar-refractivity contribution >= 4 is 68.2 Å². The van der Waals surface area contributed by atoms with Crippen molar-refractivity contribution in [2.45, 2.75) is 0 Å². The smallest absolute Gasteiger partial charge is 0.229 e. The SMILES string of the molecule is CN1CC(c2c(Cl)cccc2Cl)=Cc2cnc(Nc3cccc(Br)c3)nc21. The Bertz CT molecular complexity index is 1030. The van der Waals surface area contributed by atoms with Gasteiger partial charge in [-0.1, -0.05) is 51.3 Å². The number of likely N-dealkylation sites (N-methyl/N-ethyl adjacent to an activating group) is 1. The molecule has 27 heavy (non-hydrogen) atoms. The molecule has 0 atom stereocenters. The molecule has 1 N–H and O–H groups in total. The fraction of sp³-hybridized carbons (Fsp3) is 0.100. The lowest BCUT2D eigenvalue weighted by molar-refractivity contribution is 0.972. The molecule has 4 rings (SSSR count). The largest absolute Gasteiger partial charge is 0.355 e. The molecule has 0 bridgehead atoms. The average Bonchev–Trinajstić information content (AvgIpc) is 2.62. The van der Waals surface area contributed by atoms with Crippen LogP contribution in [0, 0.1) is 0 Å². The topological polar surface area (TPSA) is 41.1 Å². The Morgan fingerprint density at radius 1 is 1.11 bits per heavy atom. The van der Waals surface area contributed by atoms with E-state index >= 15 is 0 Å². The Morgan fingerprint density at radius 3 is 2.59 bits per heavy atom. The predicted molar refractivity (Wildman–Crippen MR) is 117 cm³/mol. The van der Waals surface area contributed by atoms with Crippen LogP contribution < -0.4 is 10.2 Å². The summed E-state index contributed by atoms with van der Waals surface area (Å²) in [5, 5.41) is 4.51. The van der Waals surface area contributed by atoms with Crippen LogP contribution in [-0.4, -0.2) is 23.6 Å². The highest BCUT2D eigenvalue weighted by molar-refractivity contribution is 9.10. The molecular weight excluding hydrogens is 447 g/mol. The van der Waals surface area contributed by atoms with Crippen molar-refractivity contribution in [1.82, 2.24) is 9.97 Å². The first-order valence-corrected chi connectivity index (χ1v) is 9.82. The van der Waals surface area contributed by atoms with Gasteiger partial charge in [0, 0.05) is 51.1 Å². The second kappa shape index (κ2) is 7.50. The molecule has 1 aromatic heterocycles. The fourth-order valence-corrected chi connectivity index (χ4v) is 4.10. The second-order valence-electron chi connectivity index (χ2n) is 6.23. The zero-order valence-electron chi connectivity index (χ0n) is 14.4. The van der Waals surface area contributed by atoms with Crippen molar-refractivity contribution in [1.29, 1.82) is 0 Å². The summed E-state index contributed by atoms with van der Waals surface area (Å²) in [7, 11) is 1.99. The first kappa shape index (κ1) is 18.3. The molecule has 0 spiro atoms. The first-order valence-electron chi connectivity index (χ1n) is 8.27. The van der Waals surface area contributed by atoms with Gasteiger partial charge in [-0.05, 0) is 42.0 Å². The van der Waals surface area contributed by atoms with Crippen LogP contribution in [0.15, 0.2) is 53.1 Å². The van der Waals surface area contributed by atoms with Gasteiger partial charge in [0.25, 0.3) is 0 Å². The van der Waals surface area contributed by atoms with Crippen LogP contribution in [0.2, 0.25) is 10.0 Å². The van der Waals surface area contributed by atoms with E-state index in [0.717, 1.165) is 32.7 Å². The summed E-state index contributed by atoms with van der Waals surface area (Å²) in [5.41, 5.74) is 3.74. The van der Waals surface area contributed by atoms with Gasteiger partial charge < -0.3 is 10.2 Å². The third-order valence-electron chi connectivity index (χ3n) is 4.26. The van der Waals surface area contributed by atoms with Gasteiger partial charge >= 0.3 is 0 Å². The summed E-state index contributed by atoms with van der Waals surface area (Å²) in [6.07, 6.45) is 3.86. The van der Waals surface area contributed by atoms with E-state index in [-0.39, 0.29) is 0 Å². The molecule has 1 aliphatic rings. The molecule has 136 valence electrons. The van der Waals surface area contributed by atoms with Gasteiger partial charge in [0.2, 0.25) is 5.95 Å². The standard InChI is InChI=1S/C20H15BrCl2N4/c1-27-11-13(18-16(22)6-3-7-17(18)23)8-12-10-24-20(26-19(12)27)25-15-5-2-4-14(21)9-15/h2-10H,11H2,1H3,(H,24,25,26). The number of halogens is 3. The van der Waals surface area contributed by atoms with Crippen molar-refractivity contribution < 1.29 is 0 Å². The highest BCUT2D eigenvalue weighted by Crippen LogP contribution is 2.37. The summed E-state index contributed by atoms with van der Waals surface area (Å²) < 4.78 is 0.992. The van der Waals surface area contributed by atoms with Gasteiger partial charge in [-0.25, -0.2) is 4.98 Å². The molecule has 7 heteroatoms. The van der Waals surface area contributed by atoms with E-state index in [9.17, 15) is 0 Å². The number of hydrogen-bond donors (Lipinski definition) is 1. The molecule has 0 saturated carbocycles. The lowest BCUT2D eigenvalue weighted by atomic mass is 10.00. The van der Waals surface area contributed by atoms with Crippen molar-refractivity contribution in [3.8, 4) is 0 Å². The molecule has 0 amide bonds. The number of anilines is 3. The zero-order valence-corrected chi connectivity index (χ0v) is 17.5. The number of rotatable bonds is 3. The van der Waals surface area contributed by atoms with Crippen molar-refractivity contribution in [3.05, 3.63) is 74.3 Å². The zero-order chi connectivity index (χ0) is 19.0. The van der Waals surface area contributed by atoms with Gasteiger partial charge in [-0.3, -0.25) is 0 Å². The quantitative estimate of drug-likeness (QED) is 0.498. The summed E-state index contributed by atoms with van der Waals surface area (Å²) in [5.74, 6) is 1.40. The number of aromatic nitrogens is 2. The summed E-state index contributed by atoms with van der Waals surface area (Å²) >= 11 is 16.2. The van der Waals surface area contributed by atoms with E-state index in [1.54, 1.807) is 0 Å². The number of hydrogen-bond acceptors (Lipinski definition) is 4. The van der Waals surface area contributed by atoms with Crippen LogP contribution in [0.1, 0.15) is 11.1 Å². The third kappa shape index (κ3) is 3.81. The lowest BCUT2D eigenvalue weighted by Gasteiger charge is -2.27. The molecule has 0 fully saturated rings. The van der Waals surface area contributed by atoms with Crippen molar-refractivity contribution in [2.75, 3.05) is 23.8 Å². The molecule has 2 heterocycles. The number of nitrogens with one attached hydrogen (secondary N) is 1. The second-order valence-corrected chi connectivity index (χ2v) is 7.96. The van der Waals surface area contributed by atoms with Crippen molar-refractivity contribution in [3.63, 3.8) is 0 Å². The monoisotopic (exact) mass is 460 g/mol. The van der Waals surface area contributed by atoms with Gasteiger partial charge in [-0.15, -0.1) is 0 Å². The van der Waals surface area contributed by atoms with Crippen LogP contribution in [-0.2, 0) is 0 Å². The Labute approximate surface area is 176 Å². The van der Waals surface area contributed by atoms with E-state index in [1.807, 2.05) is 61.8 Å². The molecule has 2 aromatic carbocycles. The Balaban J connectivity index is 1.69. The molecule has 3 aromatic rings. The minimum Gasteiger partial charge on any atom is -0.355 e. The highest BCUT2D eigenvalue weighted by Gasteiger charge is 2.21. The Kier molecular flexibility index (Phi) is 5.08. The van der Waals surface area contributed by atoms with Crippen LogP contribution >= 0.6 is 39.1 Å². The van der Waals surface area contributed by atoms with E-state index in [4.69, 9.17) is 23.2 Å².